The molecule has 0 bridgehead atoms. The van der Waals surface area contributed by atoms with Crippen molar-refractivity contribution in [3.8, 4) is 0 Å². The van der Waals surface area contributed by atoms with E-state index in [1.165, 1.54) is 12.1 Å². The average molecular weight is 337 g/mol. The largest absolute Gasteiger partial charge is 0.480 e. The molecule has 0 aliphatic rings. The Balaban J connectivity index is 3.00. The van der Waals surface area contributed by atoms with Gasteiger partial charge in [0, 0.05) is 12.1 Å². The fourth-order valence-corrected chi connectivity index (χ4v) is 2.54. The number of amides is 1. The molecule has 10 heteroatoms. The molecule has 116 valence electrons. The first-order valence-electron chi connectivity index (χ1n) is 5.66. The lowest BCUT2D eigenvalue weighted by Gasteiger charge is -2.15. The van der Waals surface area contributed by atoms with Crippen LogP contribution in [-0.4, -0.2) is 36.0 Å². The van der Waals surface area contributed by atoms with Crippen LogP contribution in [0.2, 0.25) is 5.02 Å². The molecule has 0 heterocycles. The number of benzene rings is 1. The van der Waals surface area contributed by atoms with Gasteiger partial charge in [0.25, 0.3) is 10.1 Å². The van der Waals surface area contributed by atoms with Crippen LogP contribution in [-0.2, 0) is 19.7 Å². The van der Waals surface area contributed by atoms with E-state index in [0.717, 1.165) is 6.07 Å². The molecule has 0 saturated heterocycles. The third kappa shape index (κ3) is 5.21. The summed E-state index contributed by atoms with van der Waals surface area (Å²) < 4.78 is 31.2. The number of hydrogen-bond donors (Lipinski definition) is 4. The molecule has 1 rings (SSSR count). The van der Waals surface area contributed by atoms with Crippen LogP contribution in [0.5, 0.6) is 0 Å². The van der Waals surface area contributed by atoms with Crippen LogP contribution < -0.4 is 11.1 Å². The molecule has 0 saturated carbocycles. The van der Waals surface area contributed by atoms with Gasteiger partial charge in [-0.05, 0) is 24.6 Å². The second kappa shape index (κ2) is 6.74. The number of anilines is 1. The summed E-state index contributed by atoms with van der Waals surface area (Å²) in [6, 6.07) is 2.39. The van der Waals surface area contributed by atoms with E-state index in [0.29, 0.717) is 0 Å². The molecule has 1 aromatic rings. The van der Waals surface area contributed by atoms with Crippen LogP contribution in [0.4, 0.5) is 5.69 Å². The molecule has 0 radical (unpaired) electrons. The summed E-state index contributed by atoms with van der Waals surface area (Å²) in [5.74, 6) is -1.89. The molecule has 8 nitrogen and oxygen atoms in total. The third-order valence-corrected chi connectivity index (χ3v) is 3.86. The summed E-state index contributed by atoms with van der Waals surface area (Å²) in [5.41, 5.74) is 5.06. The molecule has 0 fully saturated rings. The molecule has 0 aliphatic carbocycles. The minimum Gasteiger partial charge on any atom is -0.480 e. The maximum Gasteiger partial charge on any atom is 0.326 e. The smallest absolute Gasteiger partial charge is 0.326 e. The van der Waals surface area contributed by atoms with Crippen molar-refractivity contribution >= 4 is 39.3 Å². The average Bonchev–Trinajstić information content (AvgIpc) is 2.34. The Morgan fingerprint density at radius 2 is 2.00 bits per heavy atom. The number of carboxylic acid groups (broad SMARTS) is 1. The number of carbonyl (C=O) groups is 2. The van der Waals surface area contributed by atoms with E-state index in [4.69, 9.17) is 27.0 Å². The Kier molecular flexibility index (Phi) is 5.53. The van der Waals surface area contributed by atoms with Crippen molar-refractivity contribution in [2.75, 3.05) is 5.32 Å². The van der Waals surface area contributed by atoms with Crippen molar-refractivity contribution < 1.29 is 27.7 Å². The van der Waals surface area contributed by atoms with Crippen LogP contribution >= 0.6 is 11.6 Å². The highest BCUT2D eigenvalue weighted by atomic mass is 35.5. The third-order valence-electron chi connectivity index (χ3n) is 2.53. The predicted octanol–water partition coefficient (Wildman–Crippen LogP) is 0.717. The van der Waals surface area contributed by atoms with Gasteiger partial charge in [0.2, 0.25) is 5.91 Å². The molecule has 0 aliphatic heterocycles. The molecule has 0 aromatic heterocycles. The molecule has 5 N–H and O–H groups in total. The molecule has 0 spiro atoms. The van der Waals surface area contributed by atoms with Gasteiger partial charge in [-0.1, -0.05) is 11.6 Å². The first-order chi connectivity index (χ1) is 9.61. The van der Waals surface area contributed by atoms with E-state index >= 15 is 0 Å². The normalized spacial score (nSPS) is 12.7. The summed E-state index contributed by atoms with van der Waals surface area (Å²) >= 11 is 5.64. The SMILES string of the molecule is NC(=O)CC[C@H](Nc1ccc(Cl)c(S(=O)(=O)O)c1)C(=O)O. The maximum absolute atomic E-state index is 11.1. The molecule has 21 heavy (non-hydrogen) atoms. The van der Waals surface area contributed by atoms with E-state index in [9.17, 15) is 18.0 Å². The summed E-state index contributed by atoms with van der Waals surface area (Å²) in [5, 5.41) is 11.4. The zero-order chi connectivity index (χ0) is 16.2. The Labute approximate surface area is 125 Å². The van der Waals surface area contributed by atoms with Gasteiger partial charge in [-0.15, -0.1) is 0 Å². The van der Waals surface area contributed by atoms with Gasteiger partial charge in [0.1, 0.15) is 10.9 Å². The lowest BCUT2D eigenvalue weighted by molar-refractivity contribution is -0.138. The lowest BCUT2D eigenvalue weighted by Crippen LogP contribution is -2.30. The van der Waals surface area contributed by atoms with Gasteiger partial charge in [0.15, 0.2) is 0 Å². The number of primary amides is 1. The van der Waals surface area contributed by atoms with Gasteiger partial charge in [-0.25, -0.2) is 4.79 Å². The monoisotopic (exact) mass is 336 g/mol. The number of carbonyl (C=O) groups excluding carboxylic acids is 1. The van der Waals surface area contributed by atoms with Gasteiger partial charge in [-0.3, -0.25) is 9.35 Å². The number of aliphatic carboxylic acids is 1. The van der Waals surface area contributed by atoms with Crippen LogP contribution in [0, 0.1) is 0 Å². The highest BCUT2D eigenvalue weighted by Crippen LogP contribution is 2.25. The van der Waals surface area contributed by atoms with Crippen LogP contribution in [0.15, 0.2) is 23.1 Å². The zero-order valence-corrected chi connectivity index (χ0v) is 12.2. The predicted molar refractivity (Wildman–Crippen MR) is 74.7 cm³/mol. The Hall–Kier alpha value is -1.84. The molecule has 1 amide bonds. The summed E-state index contributed by atoms with van der Waals surface area (Å²) in [4.78, 5) is 21.2. The minimum atomic E-state index is -4.53. The number of halogens is 1. The van der Waals surface area contributed by atoms with E-state index in [2.05, 4.69) is 5.32 Å². The molecule has 1 atom stereocenters. The van der Waals surface area contributed by atoms with E-state index in [-0.39, 0.29) is 23.6 Å². The highest BCUT2D eigenvalue weighted by Gasteiger charge is 2.20. The minimum absolute atomic E-state index is 0.0749. The van der Waals surface area contributed by atoms with Crippen molar-refractivity contribution in [1.29, 1.82) is 0 Å². The number of carboxylic acids is 1. The maximum atomic E-state index is 11.1. The summed E-state index contributed by atoms with van der Waals surface area (Å²) in [6.07, 6.45) is -0.225. The van der Waals surface area contributed by atoms with Gasteiger partial charge < -0.3 is 16.2 Å². The van der Waals surface area contributed by atoms with Crippen molar-refractivity contribution in [1.82, 2.24) is 0 Å². The van der Waals surface area contributed by atoms with Crippen LogP contribution in [0.3, 0.4) is 0 Å². The Morgan fingerprint density at radius 1 is 1.38 bits per heavy atom. The second-order valence-corrected chi connectivity index (χ2v) is 5.96. The number of hydrogen-bond acceptors (Lipinski definition) is 5. The van der Waals surface area contributed by atoms with E-state index < -0.39 is 32.9 Å². The summed E-state index contributed by atoms with van der Waals surface area (Å²) in [6.45, 7) is 0. The number of nitrogens with two attached hydrogens (primary N) is 1. The Morgan fingerprint density at radius 3 is 2.48 bits per heavy atom. The first-order valence-corrected chi connectivity index (χ1v) is 7.47. The quantitative estimate of drug-likeness (QED) is 0.536. The lowest BCUT2D eigenvalue weighted by atomic mass is 10.1. The van der Waals surface area contributed by atoms with Gasteiger partial charge >= 0.3 is 5.97 Å². The fourth-order valence-electron chi connectivity index (χ4n) is 1.54. The van der Waals surface area contributed by atoms with Crippen LogP contribution in [0.1, 0.15) is 12.8 Å². The molecule has 1 aromatic carbocycles. The van der Waals surface area contributed by atoms with Crippen molar-refractivity contribution in [3.63, 3.8) is 0 Å². The molecular weight excluding hydrogens is 324 g/mol. The fraction of sp³-hybridized carbons (Fsp3) is 0.273. The Bertz CT molecular complexity index is 661. The standard InChI is InChI=1S/C11H13ClN2O6S/c12-7-2-1-6(5-9(7)21(18,19)20)14-8(11(16)17)3-4-10(13)15/h1-2,5,8,14H,3-4H2,(H2,13,15)(H,16,17)(H,18,19,20)/t8-/m0/s1. The van der Waals surface area contributed by atoms with Gasteiger partial charge in [0.05, 0.1) is 5.02 Å². The van der Waals surface area contributed by atoms with E-state index in [1.54, 1.807) is 0 Å². The van der Waals surface area contributed by atoms with Crippen LogP contribution in [0.25, 0.3) is 0 Å². The number of rotatable bonds is 7. The van der Waals surface area contributed by atoms with Crippen molar-refractivity contribution in [2.45, 2.75) is 23.8 Å². The zero-order valence-electron chi connectivity index (χ0n) is 10.6. The molecule has 0 unspecified atom stereocenters. The van der Waals surface area contributed by atoms with Crippen molar-refractivity contribution in [2.24, 2.45) is 5.73 Å². The van der Waals surface area contributed by atoms with E-state index in [1.807, 2.05) is 0 Å². The van der Waals surface area contributed by atoms with Gasteiger partial charge in [-0.2, -0.15) is 8.42 Å². The van der Waals surface area contributed by atoms with Crippen molar-refractivity contribution in [3.05, 3.63) is 23.2 Å². The topological polar surface area (TPSA) is 147 Å². The first kappa shape index (κ1) is 17.2. The number of nitrogens with one attached hydrogen (secondary N) is 1. The second-order valence-electron chi connectivity index (χ2n) is 4.16. The highest BCUT2D eigenvalue weighted by molar-refractivity contribution is 7.86. The summed E-state index contributed by atoms with van der Waals surface area (Å²) in [7, 11) is -4.53. The molecular formula is C11H13ClN2O6S.